The summed E-state index contributed by atoms with van der Waals surface area (Å²) < 4.78 is 10.8. The number of nitrogens with zero attached hydrogens (tertiary/aromatic N) is 4. The van der Waals surface area contributed by atoms with Crippen LogP contribution in [0.3, 0.4) is 0 Å². The Bertz CT molecular complexity index is 1240. The first-order valence-corrected chi connectivity index (χ1v) is 9.61. The van der Waals surface area contributed by atoms with Crippen LogP contribution in [-0.4, -0.2) is 26.7 Å². The van der Waals surface area contributed by atoms with E-state index in [9.17, 15) is 0 Å². The van der Waals surface area contributed by atoms with Gasteiger partial charge in [-0.25, -0.2) is 9.97 Å². The van der Waals surface area contributed by atoms with Gasteiger partial charge in [0.05, 0.1) is 0 Å². The summed E-state index contributed by atoms with van der Waals surface area (Å²) in [6.07, 6.45) is 3.26. The summed E-state index contributed by atoms with van der Waals surface area (Å²) in [6.45, 7) is 4.92. The van der Waals surface area contributed by atoms with E-state index >= 15 is 0 Å². The van der Waals surface area contributed by atoms with E-state index in [0.29, 0.717) is 29.5 Å². The molecule has 30 heavy (non-hydrogen) atoms. The third-order valence-corrected chi connectivity index (χ3v) is 4.86. The van der Waals surface area contributed by atoms with E-state index in [-0.39, 0.29) is 6.79 Å². The second-order valence-electron chi connectivity index (χ2n) is 7.11. The van der Waals surface area contributed by atoms with Crippen LogP contribution in [0.2, 0.25) is 0 Å². The molecule has 0 aliphatic carbocycles. The molecular formula is C22H20N6O2. The van der Waals surface area contributed by atoms with Crippen molar-refractivity contribution in [3.05, 3.63) is 65.5 Å². The Morgan fingerprint density at radius 2 is 1.80 bits per heavy atom. The minimum atomic E-state index is 0.256. The molecule has 0 bridgehead atoms. The molecule has 0 unspecified atom stereocenters. The second kappa shape index (κ2) is 7.47. The van der Waals surface area contributed by atoms with Gasteiger partial charge in [-0.1, -0.05) is 23.8 Å². The number of aryl methyl sites for hydroxylation is 2. The molecule has 5 rings (SSSR count). The average molecular weight is 400 g/mol. The number of ether oxygens (including phenoxy) is 2. The van der Waals surface area contributed by atoms with Crippen molar-refractivity contribution >= 4 is 28.6 Å². The summed E-state index contributed by atoms with van der Waals surface area (Å²) in [5.41, 5.74) is 5.47. The van der Waals surface area contributed by atoms with Crippen LogP contribution in [0.4, 0.5) is 17.5 Å². The van der Waals surface area contributed by atoms with Crippen LogP contribution in [0, 0.1) is 13.8 Å². The fourth-order valence-corrected chi connectivity index (χ4v) is 3.34. The molecular weight excluding hydrogens is 380 g/mol. The predicted octanol–water partition coefficient (Wildman–Crippen LogP) is 4.12. The predicted molar refractivity (Wildman–Crippen MR) is 114 cm³/mol. The first kappa shape index (κ1) is 18.1. The number of benzene rings is 2. The lowest BCUT2D eigenvalue weighted by molar-refractivity contribution is 0.174. The Balaban J connectivity index is 1.44. The Hall–Kier alpha value is -3.94. The van der Waals surface area contributed by atoms with E-state index in [2.05, 4.69) is 56.5 Å². The average Bonchev–Trinajstić information content (AvgIpc) is 3.22. The molecule has 0 fully saturated rings. The molecule has 1 aliphatic heterocycles. The van der Waals surface area contributed by atoms with E-state index < -0.39 is 0 Å². The molecule has 3 heterocycles. The zero-order valence-corrected chi connectivity index (χ0v) is 16.6. The van der Waals surface area contributed by atoms with Gasteiger partial charge < -0.3 is 20.1 Å². The third-order valence-electron chi connectivity index (χ3n) is 4.86. The summed E-state index contributed by atoms with van der Waals surface area (Å²) in [5, 5.41) is 6.65. The van der Waals surface area contributed by atoms with Crippen LogP contribution in [0.1, 0.15) is 16.7 Å². The summed E-state index contributed by atoms with van der Waals surface area (Å²) >= 11 is 0. The highest BCUT2D eigenvalue weighted by Crippen LogP contribution is 2.32. The molecule has 8 heteroatoms. The van der Waals surface area contributed by atoms with Gasteiger partial charge >= 0.3 is 0 Å². The zero-order valence-electron chi connectivity index (χ0n) is 16.6. The van der Waals surface area contributed by atoms with Gasteiger partial charge in [0.2, 0.25) is 12.7 Å². The molecule has 0 saturated heterocycles. The van der Waals surface area contributed by atoms with Gasteiger partial charge in [-0.2, -0.15) is 9.97 Å². The minimum Gasteiger partial charge on any atom is -0.454 e. The van der Waals surface area contributed by atoms with Crippen LogP contribution >= 0.6 is 0 Å². The van der Waals surface area contributed by atoms with Crippen LogP contribution in [0.25, 0.3) is 11.2 Å². The van der Waals surface area contributed by atoms with Crippen molar-refractivity contribution in [1.82, 2.24) is 19.9 Å². The van der Waals surface area contributed by atoms with E-state index in [1.807, 2.05) is 24.3 Å². The number of anilines is 3. The third kappa shape index (κ3) is 3.55. The smallest absolute Gasteiger partial charge is 0.231 e. The topological polar surface area (TPSA) is 94.1 Å². The maximum Gasteiger partial charge on any atom is 0.231 e. The van der Waals surface area contributed by atoms with E-state index in [1.54, 1.807) is 12.4 Å². The molecule has 4 aromatic rings. The number of aromatic nitrogens is 4. The Morgan fingerprint density at radius 1 is 0.933 bits per heavy atom. The minimum absolute atomic E-state index is 0.256. The molecule has 0 radical (unpaired) electrons. The Morgan fingerprint density at radius 3 is 2.70 bits per heavy atom. The van der Waals surface area contributed by atoms with Gasteiger partial charge in [0, 0.05) is 24.6 Å². The van der Waals surface area contributed by atoms with Gasteiger partial charge in [0.1, 0.15) is 0 Å². The van der Waals surface area contributed by atoms with Crippen molar-refractivity contribution in [2.75, 3.05) is 17.4 Å². The van der Waals surface area contributed by atoms with Crippen molar-refractivity contribution < 1.29 is 9.47 Å². The molecule has 0 atom stereocenters. The van der Waals surface area contributed by atoms with Crippen molar-refractivity contribution in [3.63, 3.8) is 0 Å². The normalized spacial score (nSPS) is 12.2. The van der Waals surface area contributed by atoms with Crippen LogP contribution in [0.15, 0.2) is 48.8 Å². The first-order chi connectivity index (χ1) is 14.7. The van der Waals surface area contributed by atoms with Gasteiger partial charge in [-0.05, 0) is 43.2 Å². The summed E-state index contributed by atoms with van der Waals surface area (Å²) in [4.78, 5) is 17.9. The number of hydrogen-bond acceptors (Lipinski definition) is 8. The summed E-state index contributed by atoms with van der Waals surface area (Å²) in [7, 11) is 0. The van der Waals surface area contributed by atoms with Gasteiger partial charge in [-0.15, -0.1) is 0 Å². The van der Waals surface area contributed by atoms with Gasteiger partial charge in [0.15, 0.2) is 28.5 Å². The van der Waals surface area contributed by atoms with E-state index in [4.69, 9.17) is 9.47 Å². The fourth-order valence-electron chi connectivity index (χ4n) is 3.34. The SMILES string of the molecule is Cc1ccc(Nc2nc(NCc3ccc4c(c3)OCO4)nc3nccnc23)c(C)c1. The number of fused-ring (bicyclic) bond motifs is 2. The largest absolute Gasteiger partial charge is 0.454 e. The molecule has 1 aliphatic rings. The number of rotatable bonds is 5. The molecule has 8 nitrogen and oxygen atoms in total. The lowest BCUT2D eigenvalue weighted by Gasteiger charge is -2.13. The van der Waals surface area contributed by atoms with Crippen LogP contribution in [0.5, 0.6) is 11.5 Å². The summed E-state index contributed by atoms with van der Waals surface area (Å²) in [6, 6.07) is 12.1. The second-order valence-corrected chi connectivity index (χ2v) is 7.11. The highest BCUT2D eigenvalue weighted by Gasteiger charge is 2.14. The highest BCUT2D eigenvalue weighted by molar-refractivity contribution is 5.86. The number of nitrogens with one attached hydrogen (secondary N) is 2. The molecule has 2 aromatic carbocycles. The lowest BCUT2D eigenvalue weighted by Crippen LogP contribution is -2.07. The molecule has 150 valence electrons. The van der Waals surface area contributed by atoms with Crippen LogP contribution in [-0.2, 0) is 6.54 Å². The standard InChI is InChI=1S/C22H20N6O2/c1-13-3-5-16(14(2)9-13)26-21-19-20(24-8-7-23-19)27-22(28-21)25-11-15-4-6-17-18(10-15)30-12-29-17/h3-10H,11-12H2,1-2H3,(H2,24,25,26,27,28). The molecule has 0 amide bonds. The summed E-state index contributed by atoms with van der Waals surface area (Å²) in [5.74, 6) is 2.58. The maximum absolute atomic E-state index is 5.44. The van der Waals surface area contributed by atoms with Crippen molar-refractivity contribution in [1.29, 1.82) is 0 Å². The van der Waals surface area contributed by atoms with Crippen molar-refractivity contribution in [2.45, 2.75) is 20.4 Å². The van der Waals surface area contributed by atoms with Crippen molar-refractivity contribution in [2.24, 2.45) is 0 Å². The monoisotopic (exact) mass is 400 g/mol. The van der Waals surface area contributed by atoms with Crippen molar-refractivity contribution in [3.8, 4) is 11.5 Å². The quantitative estimate of drug-likeness (QED) is 0.517. The highest BCUT2D eigenvalue weighted by atomic mass is 16.7. The molecule has 0 saturated carbocycles. The van der Waals surface area contributed by atoms with Crippen LogP contribution < -0.4 is 20.1 Å². The molecule has 2 aromatic heterocycles. The fraction of sp³-hybridized carbons (Fsp3) is 0.182. The Labute approximate surface area is 173 Å². The van der Waals surface area contributed by atoms with E-state index in [0.717, 1.165) is 28.3 Å². The Kier molecular flexibility index (Phi) is 4.51. The van der Waals surface area contributed by atoms with Gasteiger partial charge in [0.25, 0.3) is 0 Å². The number of hydrogen-bond donors (Lipinski definition) is 2. The van der Waals surface area contributed by atoms with E-state index in [1.165, 1.54) is 5.56 Å². The molecule has 2 N–H and O–H groups in total. The lowest BCUT2D eigenvalue weighted by atomic mass is 10.1. The van der Waals surface area contributed by atoms with Gasteiger partial charge in [-0.3, -0.25) is 0 Å². The first-order valence-electron chi connectivity index (χ1n) is 9.61. The maximum atomic E-state index is 5.44. The molecule has 0 spiro atoms. The zero-order chi connectivity index (χ0) is 20.5.